The van der Waals surface area contributed by atoms with Gasteiger partial charge in [0.25, 0.3) is 0 Å². The Morgan fingerprint density at radius 3 is 2.56 bits per heavy atom. The molecule has 0 aliphatic carbocycles. The molecule has 0 fully saturated rings. The zero-order chi connectivity index (χ0) is 12.8. The third kappa shape index (κ3) is 4.79. The lowest BCUT2D eigenvalue weighted by Gasteiger charge is -2.24. The third-order valence-corrected chi connectivity index (χ3v) is 2.87. The third-order valence-electron chi connectivity index (χ3n) is 2.87. The Morgan fingerprint density at radius 2 is 2.12 bits per heavy atom. The quantitative estimate of drug-likeness (QED) is 0.538. The molecule has 0 aliphatic heterocycles. The van der Waals surface area contributed by atoms with Crippen molar-refractivity contribution >= 4 is 5.97 Å². The molecule has 0 saturated heterocycles. The van der Waals surface area contributed by atoms with E-state index in [0.717, 1.165) is 0 Å². The Balaban J connectivity index is 4.17. The molecule has 0 rings (SSSR count). The number of hydrogen-bond donors (Lipinski definition) is 1. The van der Waals surface area contributed by atoms with Gasteiger partial charge in [0.1, 0.15) is 0 Å². The number of ether oxygens (including phenoxy) is 1. The highest BCUT2D eigenvalue weighted by Gasteiger charge is 2.30. The minimum atomic E-state index is -0.530. The molecule has 3 heteroatoms. The van der Waals surface area contributed by atoms with Crippen LogP contribution >= 0.6 is 0 Å². The van der Waals surface area contributed by atoms with Crippen LogP contribution in [-0.2, 0) is 9.53 Å². The van der Waals surface area contributed by atoms with Crippen LogP contribution in [0.3, 0.4) is 0 Å². The fourth-order valence-electron chi connectivity index (χ4n) is 1.36. The molecule has 94 valence electrons. The molecular formula is C13H24O3. The number of carbonyl (C=O) groups excluding carboxylic acids is 1. The normalized spacial score (nSPS) is 15.3. The van der Waals surface area contributed by atoms with E-state index in [-0.39, 0.29) is 11.9 Å². The fourth-order valence-corrected chi connectivity index (χ4v) is 1.36. The average Bonchev–Trinajstić information content (AvgIpc) is 2.25. The van der Waals surface area contributed by atoms with E-state index in [2.05, 4.69) is 6.58 Å². The predicted octanol–water partition coefficient (Wildman–Crippen LogP) is 2.54. The van der Waals surface area contributed by atoms with Crippen molar-refractivity contribution in [2.24, 2.45) is 11.3 Å². The monoisotopic (exact) mass is 228 g/mol. The summed E-state index contributed by atoms with van der Waals surface area (Å²) in [5, 5.41) is 9.77. The first-order chi connectivity index (χ1) is 7.35. The van der Waals surface area contributed by atoms with Crippen LogP contribution in [0.1, 0.15) is 40.5 Å². The van der Waals surface area contributed by atoms with Crippen LogP contribution in [0.15, 0.2) is 12.7 Å². The molecule has 0 aliphatic rings. The topological polar surface area (TPSA) is 46.5 Å². The molecule has 0 unspecified atom stereocenters. The summed E-state index contributed by atoms with van der Waals surface area (Å²) in [7, 11) is 0. The Morgan fingerprint density at radius 1 is 1.56 bits per heavy atom. The van der Waals surface area contributed by atoms with Crippen molar-refractivity contribution in [3.8, 4) is 0 Å². The number of aliphatic hydroxyl groups excluding tert-OH is 1. The largest absolute Gasteiger partial charge is 0.466 e. The molecule has 0 bridgehead atoms. The van der Waals surface area contributed by atoms with Gasteiger partial charge in [0.05, 0.1) is 18.1 Å². The highest BCUT2D eigenvalue weighted by molar-refractivity contribution is 5.75. The van der Waals surface area contributed by atoms with E-state index >= 15 is 0 Å². The Hall–Kier alpha value is -0.830. The Bertz CT molecular complexity index is 233. The SMILES string of the molecule is C=C[C@@H](C)[C@H](O)CCC(C)(C)C(=O)OCC. The number of rotatable bonds is 7. The van der Waals surface area contributed by atoms with Crippen LogP contribution in [0.5, 0.6) is 0 Å². The summed E-state index contributed by atoms with van der Waals surface area (Å²) >= 11 is 0. The summed E-state index contributed by atoms with van der Waals surface area (Å²) in [4.78, 5) is 11.6. The van der Waals surface area contributed by atoms with E-state index < -0.39 is 11.5 Å². The summed E-state index contributed by atoms with van der Waals surface area (Å²) in [5.74, 6) is -0.147. The maximum Gasteiger partial charge on any atom is 0.311 e. The van der Waals surface area contributed by atoms with Crippen LogP contribution < -0.4 is 0 Å². The molecular weight excluding hydrogens is 204 g/mol. The molecule has 0 spiro atoms. The molecule has 2 atom stereocenters. The average molecular weight is 228 g/mol. The lowest BCUT2D eigenvalue weighted by atomic mass is 9.85. The molecule has 3 nitrogen and oxygen atoms in total. The number of hydrogen-bond acceptors (Lipinski definition) is 3. The highest BCUT2D eigenvalue weighted by Crippen LogP contribution is 2.26. The van der Waals surface area contributed by atoms with Gasteiger partial charge in [0.15, 0.2) is 0 Å². The first kappa shape index (κ1) is 15.2. The van der Waals surface area contributed by atoms with Crippen molar-refractivity contribution in [1.82, 2.24) is 0 Å². The zero-order valence-corrected chi connectivity index (χ0v) is 10.8. The summed E-state index contributed by atoms with van der Waals surface area (Å²) in [5.41, 5.74) is -0.530. The van der Waals surface area contributed by atoms with Gasteiger partial charge < -0.3 is 9.84 Å². The second kappa shape index (κ2) is 6.69. The van der Waals surface area contributed by atoms with E-state index in [0.29, 0.717) is 19.4 Å². The molecule has 16 heavy (non-hydrogen) atoms. The second-order valence-electron chi connectivity index (χ2n) is 4.81. The van der Waals surface area contributed by atoms with Crippen LogP contribution in [0.25, 0.3) is 0 Å². The summed E-state index contributed by atoms with van der Waals surface area (Å²) in [6.45, 7) is 11.4. The van der Waals surface area contributed by atoms with Crippen LogP contribution in [0.2, 0.25) is 0 Å². The lowest BCUT2D eigenvalue weighted by molar-refractivity contribution is -0.154. The van der Waals surface area contributed by atoms with Crippen molar-refractivity contribution in [2.75, 3.05) is 6.61 Å². The van der Waals surface area contributed by atoms with Crippen molar-refractivity contribution < 1.29 is 14.6 Å². The fraction of sp³-hybridized carbons (Fsp3) is 0.769. The standard InChI is InChI=1S/C13H24O3/c1-6-10(3)11(14)8-9-13(4,5)12(15)16-7-2/h6,10-11,14H,1,7-9H2,2-5H3/t10-,11-/m1/s1. The Labute approximate surface area is 98.5 Å². The minimum absolute atomic E-state index is 0.0537. The molecule has 0 aromatic heterocycles. The van der Waals surface area contributed by atoms with Gasteiger partial charge in [-0.05, 0) is 39.5 Å². The first-order valence-electron chi connectivity index (χ1n) is 5.83. The van der Waals surface area contributed by atoms with E-state index in [1.807, 2.05) is 20.8 Å². The van der Waals surface area contributed by atoms with Gasteiger partial charge in [0, 0.05) is 0 Å². The molecule has 0 aromatic carbocycles. The number of carbonyl (C=O) groups is 1. The minimum Gasteiger partial charge on any atom is -0.466 e. The van der Waals surface area contributed by atoms with Crippen molar-refractivity contribution in [3.63, 3.8) is 0 Å². The van der Waals surface area contributed by atoms with Gasteiger partial charge >= 0.3 is 5.97 Å². The highest BCUT2D eigenvalue weighted by atomic mass is 16.5. The number of esters is 1. The second-order valence-corrected chi connectivity index (χ2v) is 4.81. The van der Waals surface area contributed by atoms with Gasteiger partial charge in [-0.2, -0.15) is 0 Å². The molecule has 0 heterocycles. The van der Waals surface area contributed by atoms with Crippen LogP contribution in [-0.4, -0.2) is 23.8 Å². The smallest absolute Gasteiger partial charge is 0.311 e. The maximum absolute atomic E-state index is 11.6. The van der Waals surface area contributed by atoms with Crippen molar-refractivity contribution in [1.29, 1.82) is 0 Å². The van der Waals surface area contributed by atoms with Gasteiger partial charge in [0.2, 0.25) is 0 Å². The van der Waals surface area contributed by atoms with E-state index in [9.17, 15) is 9.90 Å². The summed E-state index contributed by atoms with van der Waals surface area (Å²) in [6.07, 6.45) is 2.48. The molecule has 0 aromatic rings. The van der Waals surface area contributed by atoms with Crippen molar-refractivity contribution in [3.05, 3.63) is 12.7 Å². The molecule has 1 N–H and O–H groups in total. The molecule has 0 radical (unpaired) electrons. The molecule has 0 amide bonds. The van der Waals surface area contributed by atoms with Crippen LogP contribution in [0.4, 0.5) is 0 Å². The van der Waals surface area contributed by atoms with E-state index in [1.165, 1.54) is 0 Å². The van der Waals surface area contributed by atoms with Crippen LogP contribution in [0, 0.1) is 11.3 Å². The van der Waals surface area contributed by atoms with Gasteiger partial charge in [-0.25, -0.2) is 0 Å². The first-order valence-corrected chi connectivity index (χ1v) is 5.83. The van der Waals surface area contributed by atoms with Gasteiger partial charge in [-0.3, -0.25) is 4.79 Å². The number of aliphatic hydroxyl groups is 1. The predicted molar refractivity (Wildman–Crippen MR) is 65.0 cm³/mol. The maximum atomic E-state index is 11.6. The Kier molecular flexibility index (Phi) is 6.34. The lowest BCUT2D eigenvalue weighted by Crippen LogP contribution is -2.29. The zero-order valence-electron chi connectivity index (χ0n) is 10.8. The van der Waals surface area contributed by atoms with Gasteiger partial charge in [-0.15, -0.1) is 6.58 Å². The van der Waals surface area contributed by atoms with Gasteiger partial charge in [-0.1, -0.05) is 13.0 Å². The molecule has 0 saturated carbocycles. The summed E-state index contributed by atoms with van der Waals surface area (Å²) < 4.78 is 4.99. The summed E-state index contributed by atoms with van der Waals surface area (Å²) in [6, 6.07) is 0. The van der Waals surface area contributed by atoms with E-state index in [1.54, 1.807) is 13.0 Å². The van der Waals surface area contributed by atoms with Crippen molar-refractivity contribution in [2.45, 2.75) is 46.6 Å². The van der Waals surface area contributed by atoms with E-state index in [4.69, 9.17) is 4.74 Å².